The van der Waals surface area contributed by atoms with Gasteiger partial charge in [0.25, 0.3) is 0 Å². The van der Waals surface area contributed by atoms with Crippen molar-refractivity contribution in [2.75, 3.05) is 38.0 Å². The Balaban J connectivity index is 0.00000154. The van der Waals surface area contributed by atoms with E-state index in [1.165, 1.54) is 24.0 Å². The molecule has 0 unspecified atom stereocenters. The number of hydrogen-bond acceptors (Lipinski definition) is 14. The molecule has 3 N–H and O–H groups in total. The molecule has 0 radical (unpaired) electrons. The van der Waals surface area contributed by atoms with Crippen LogP contribution < -0.4 is 64.0 Å². The van der Waals surface area contributed by atoms with Crippen LogP contribution in [0.3, 0.4) is 0 Å². The van der Waals surface area contributed by atoms with Gasteiger partial charge in [0, 0.05) is 20.0 Å². The smallest absolute Gasteiger partial charge is 0.744 e. The zero-order chi connectivity index (χ0) is 27.1. The molecule has 0 bridgehead atoms. The van der Waals surface area contributed by atoms with E-state index in [-0.39, 0.29) is 108 Å². The van der Waals surface area contributed by atoms with Gasteiger partial charge in [-0.15, -0.1) is 10.2 Å². The molecule has 3 rings (SSSR count). The number of aliphatic hydroxyl groups excluding tert-OH is 1. The Hall–Kier alpha value is -1.15. The largest absolute Gasteiger partial charge is 1.00 e. The van der Waals surface area contributed by atoms with Crippen LogP contribution >= 0.6 is 0 Å². The molecule has 0 aliphatic carbocycles. The van der Waals surface area contributed by atoms with Gasteiger partial charge in [-0.25, -0.2) is 16.8 Å². The number of anilines is 1. The van der Waals surface area contributed by atoms with Crippen LogP contribution in [0.25, 0.3) is 0 Å². The molecule has 0 spiro atoms. The summed E-state index contributed by atoms with van der Waals surface area (Å²) in [5.74, 6) is -0.218. The van der Waals surface area contributed by atoms with E-state index in [4.69, 9.17) is 15.3 Å². The molecule has 1 fully saturated rings. The number of benzene rings is 2. The van der Waals surface area contributed by atoms with Crippen LogP contribution in [0.4, 0.5) is 17.1 Å². The van der Waals surface area contributed by atoms with Crippen molar-refractivity contribution in [3.05, 3.63) is 35.9 Å². The molecule has 38 heavy (non-hydrogen) atoms. The second kappa shape index (κ2) is 16.2. The van der Waals surface area contributed by atoms with Crippen molar-refractivity contribution in [1.29, 1.82) is 5.41 Å². The minimum Gasteiger partial charge on any atom is -0.744 e. The molecule has 0 amide bonds. The maximum absolute atomic E-state index is 11.8. The Morgan fingerprint density at radius 2 is 1.58 bits per heavy atom. The van der Waals surface area contributed by atoms with Crippen molar-refractivity contribution in [3.8, 4) is 5.75 Å². The molecule has 1 heterocycles. The molecular weight excluding hydrogens is 566 g/mol. The number of rotatable bonds is 6. The molecule has 1 saturated heterocycles. The number of aromatic hydroxyl groups is 1. The molecule has 2 aromatic carbocycles. The zero-order valence-electron chi connectivity index (χ0n) is 21.2. The Labute approximate surface area is 264 Å². The van der Waals surface area contributed by atoms with Crippen molar-refractivity contribution in [2.24, 2.45) is 10.2 Å². The normalized spacial score (nSPS) is 13.6. The number of morpholine rings is 1. The number of nitrogens with zero attached hydrogens (tertiary/aromatic N) is 3. The van der Waals surface area contributed by atoms with Gasteiger partial charge in [-0.05, 0) is 36.8 Å². The standard InChI is InChI=1S/C17H19N3O8S2.C3H7NO2.2Na/c1-11-2-3-12(15(21)8-11)18-19-13-9-17(30(25,26)27)14(10-16(13)29(22,23)24)20-4-6-28-7-5-20;1-3(4)6-2-5;;/h2-3,8-10,21H,4-7H2,1H3,(H,22,23,24)(H,25,26,27);4-5H,2H2,1H3;;/q;;2*+1/p-2. The fourth-order valence-corrected chi connectivity index (χ4v) is 4.30. The minimum atomic E-state index is -5.10. The summed E-state index contributed by atoms with van der Waals surface area (Å²) in [5.41, 5.74) is -0.168. The third-order valence-electron chi connectivity index (χ3n) is 4.61. The molecule has 0 saturated carbocycles. The number of aliphatic hydroxyl groups is 1. The minimum absolute atomic E-state index is 0. The average molecular weight is 591 g/mol. The summed E-state index contributed by atoms with van der Waals surface area (Å²) in [5, 5.41) is 31.6. The fraction of sp³-hybridized carbons (Fsp3) is 0.350. The number of azo groups is 1. The second-order valence-corrected chi connectivity index (χ2v) is 10.0. The van der Waals surface area contributed by atoms with Gasteiger partial charge in [-0.1, -0.05) is 6.07 Å². The van der Waals surface area contributed by atoms with Gasteiger partial charge in [0.05, 0.1) is 28.7 Å². The number of phenols is 1. The maximum atomic E-state index is 11.8. The SMILES string of the molecule is CC(=N)OCO.Cc1ccc(N=Nc2cc(S(=O)(=O)[O-])c(N3CCOCC3)cc2S(=O)(=O)[O-])c(O)c1.[Na+].[Na+]. The number of hydrogen-bond donors (Lipinski definition) is 3. The van der Waals surface area contributed by atoms with Gasteiger partial charge in [0.1, 0.15) is 37.4 Å². The summed E-state index contributed by atoms with van der Waals surface area (Å²) >= 11 is 0. The van der Waals surface area contributed by atoms with Crippen LogP contribution in [0.2, 0.25) is 0 Å². The fourth-order valence-electron chi connectivity index (χ4n) is 2.99. The van der Waals surface area contributed by atoms with Crippen LogP contribution in [0, 0.1) is 12.3 Å². The molecule has 198 valence electrons. The molecule has 14 nitrogen and oxygen atoms in total. The predicted octanol–water partition coefficient (Wildman–Crippen LogP) is -4.28. The van der Waals surface area contributed by atoms with Crippen LogP contribution in [-0.2, 0) is 29.7 Å². The van der Waals surface area contributed by atoms with Crippen LogP contribution in [0.1, 0.15) is 12.5 Å². The Morgan fingerprint density at radius 3 is 2.03 bits per heavy atom. The number of phenolic OH excluding ortho intramolecular Hbond substituents is 1. The Morgan fingerprint density at radius 1 is 1.03 bits per heavy atom. The Bertz CT molecular complexity index is 1350. The van der Waals surface area contributed by atoms with Crippen LogP contribution in [-0.4, -0.2) is 75.1 Å². The monoisotopic (exact) mass is 590 g/mol. The van der Waals surface area contributed by atoms with Crippen LogP contribution in [0.15, 0.2) is 50.4 Å². The van der Waals surface area contributed by atoms with E-state index in [2.05, 4.69) is 15.0 Å². The average Bonchev–Trinajstić information content (AvgIpc) is 2.77. The quantitative estimate of drug-likeness (QED) is 0.0729. The number of nitrogens with one attached hydrogen (secondary N) is 1. The zero-order valence-corrected chi connectivity index (χ0v) is 26.9. The predicted molar refractivity (Wildman–Crippen MR) is 124 cm³/mol. The topological polar surface area (TPSA) is 225 Å². The van der Waals surface area contributed by atoms with Gasteiger partial charge in [0.15, 0.2) is 12.7 Å². The summed E-state index contributed by atoms with van der Waals surface area (Å²) in [6.07, 6.45) is 0. The molecular formula is C20H24N4Na2O10S2. The van der Waals surface area contributed by atoms with Gasteiger partial charge in [-0.2, -0.15) is 0 Å². The van der Waals surface area contributed by atoms with Crippen molar-refractivity contribution < 1.29 is 105 Å². The third kappa shape index (κ3) is 11.1. The molecule has 1 aliphatic rings. The first kappa shape index (κ1) is 36.8. The van der Waals surface area contributed by atoms with Crippen molar-refractivity contribution >= 4 is 43.2 Å². The molecule has 1 aliphatic heterocycles. The third-order valence-corrected chi connectivity index (χ3v) is 6.34. The van der Waals surface area contributed by atoms with E-state index in [1.807, 2.05) is 0 Å². The summed E-state index contributed by atoms with van der Waals surface area (Å²) in [7, 11) is -10.1. The maximum Gasteiger partial charge on any atom is 1.00 e. The first-order chi connectivity index (χ1) is 16.7. The first-order valence-electron chi connectivity index (χ1n) is 10.2. The van der Waals surface area contributed by atoms with Gasteiger partial charge in [0.2, 0.25) is 0 Å². The van der Waals surface area contributed by atoms with Crippen molar-refractivity contribution in [2.45, 2.75) is 23.6 Å². The van der Waals surface area contributed by atoms with E-state index >= 15 is 0 Å². The molecule has 0 aromatic heterocycles. The van der Waals surface area contributed by atoms with Gasteiger partial charge in [-0.3, -0.25) is 5.41 Å². The molecule has 18 heteroatoms. The summed E-state index contributed by atoms with van der Waals surface area (Å²) in [4.78, 5) is -0.138. The summed E-state index contributed by atoms with van der Waals surface area (Å²) in [6, 6.07) is 5.89. The number of aryl methyl sites for hydroxylation is 1. The van der Waals surface area contributed by atoms with Crippen LogP contribution in [0.5, 0.6) is 5.75 Å². The number of ether oxygens (including phenoxy) is 2. The Kier molecular flexibility index (Phi) is 15.7. The second-order valence-electron chi connectivity index (χ2n) is 7.32. The van der Waals surface area contributed by atoms with Gasteiger partial charge >= 0.3 is 59.1 Å². The molecule has 0 atom stereocenters. The molecule has 2 aromatic rings. The first-order valence-corrected chi connectivity index (χ1v) is 13.0. The van der Waals surface area contributed by atoms with E-state index < -0.39 is 42.5 Å². The van der Waals surface area contributed by atoms with Crippen molar-refractivity contribution in [1.82, 2.24) is 0 Å². The van der Waals surface area contributed by atoms with Crippen molar-refractivity contribution in [3.63, 3.8) is 0 Å². The summed E-state index contributed by atoms with van der Waals surface area (Å²) in [6.45, 7) is 3.62. The summed E-state index contributed by atoms with van der Waals surface area (Å²) < 4.78 is 80.2. The van der Waals surface area contributed by atoms with E-state index in [1.54, 1.807) is 13.0 Å². The van der Waals surface area contributed by atoms with E-state index in [0.29, 0.717) is 6.07 Å². The van der Waals surface area contributed by atoms with E-state index in [0.717, 1.165) is 11.6 Å². The van der Waals surface area contributed by atoms with E-state index in [9.17, 15) is 31.0 Å². The van der Waals surface area contributed by atoms with Gasteiger partial charge < -0.3 is 33.7 Å².